The largest absolute Gasteiger partial charge is 0.103 e. The summed E-state index contributed by atoms with van der Waals surface area (Å²) in [5.74, 6) is 0.583. The summed E-state index contributed by atoms with van der Waals surface area (Å²) in [5, 5.41) is 0.806. The lowest BCUT2D eigenvalue weighted by Crippen LogP contribution is -2.01. The molecule has 0 saturated heterocycles. The first-order chi connectivity index (χ1) is 8.13. The van der Waals surface area contributed by atoms with Crippen LogP contribution in [0.4, 0.5) is 0 Å². The standard InChI is InChI=1S/C16H21Cl/c1-4-6-15(13(2)3)8-5-7-14-9-11-16(17)12-10-14/h4,9-12,15H,1-2,5-8H2,3H3. The Morgan fingerprint density at radius 2 is 2.00 bits per heavy atom. The van der Waals surface area contributed by atoms with Gasteiger partial charge in [0.15, 0.2) is 0 Å². The van der Waals surface area contributed by atoms with Crippen molar-refractivity contribution in [1.29, 1.82) is 0 Å². The van der Waals surface area contributed by atoms with E-state index in [1.807, 2.05) is 18.2 Å². The van der Waals surface area contributed by atoms with Crippen LogP contribution in [0.15, 0.2) is 49.1 Å². The Morgan fingerprint density at radius 1 is 1.35 bits per heavy atom. The zero-order valence-corrected chi connectivity index (χ0v) is 11.3. The summed E-state index contributed by atoms with van der Waals surface area (Å²) in [6, 6.07) is 8.12. The van der Waals surface area contributed by atoms with Gasteiger partial charge < -0.3 is 0 Å². The Balaban J connectivity index is 2.37. The van der Waals surface area contributed by atoms with Gasteiger partial charge in [-0.25, -0.2) is 0 Å². The van der Waals surface area contributed by atoms with Crippen molar-refractivity contribution >= 4 is 11.6 Å². The van der Waals surface area contributed by atoms with Crippen LogP contribution in [-0.4, -0.2) is 0 Å². The zero-order valence-electron chi connectivity index (χ0n) is 10.6. The quantitative estimate of drug-likeness (QED) is 0.565. The van der Waals surface area contributed by atoms with Crippen molar-refractivity contribution in [2.45, 2.75) is 32.6 Å². The second-order valence-corrected chi connectivity index (χ2v) is 5.02. The minimum atomic E-state index is 0.583. The van der Waals surface area contributed by atoms with E-state index in [0.29, 0.717) is 5.92 Å². The van der Waals surface area contributed by atoms with Gasteiger partial charge in [0.05, 0.1) is 0 Å². The molecule has 1 rings (SSSR count). The van der Waals surface area contributed by atoms with E-state index in [0.717, 1.165) is 17.9 Å². The molecule has 1 aromatic rings. The summed E-state index contributed by atoms with van der Waals surface area (Å²) in [4.78, 5) is 0. The average Bonchev–Trinajstić information content (AvgIpc) is 2.30. The van der Waals surface area contributed by atoms with Gasteiger partial charge in [-0.2, -0.15) is 0 Å². The smallest absolute Gasteiger partial charge is 0.0406 e. The fourth-order valence-electron chi connectivity index (χ4n) is 1.97. The molecule has 0 bridgehead atoms. The third-order valence-corrected chi connectivity index (χ3v) is 3.33. The fraction of sp³-hybridized carbons (Fsp3) is 0.375. The highest BCUT2D eigenvalue weighted by Crippen LogP contribution is 2.21. The van der Waals surface area contributed by atoms with E-state index < -0.39 is 0 Å². The van der Waals surface area contributed by atoms with Crippen LogP contribution >= 0.6 is 11.6 Å². The van der Waals surface area contributed by atoms with E-state index in [2.05, 4.69) is 32.2 Å². The van der Waals surface area contributed by atoms with Gasteiger partial charge in [-0.3, -0.25) is 0 Å². The number of benzene rings is 1. The molecule has 0 aliphatic rings. The molecule has 17 heavy (non-hydrogen) atoms. The summed E-state index contributed by atoms with van der Waals surface area (Å²) in [6.07, 6.45) is 6.51. The van der Waals surface area contributed by atoms with Crippen LogP contribution in [-0.2, 0) is 6.42 Å². The average molecular weight is 249 g/mol. The molecule has 1 heteroatoms. The normalized spacial score (nSPS) is 12.1. The predicted octanol–water partition coefficient (Wildman–Crippen LogP) is 5.43. The molecule has 1 atom stereocenters. The van der Waals surface area contributed by atoms with Crippen molar-refractivity contribution < 1.29 is 0 Å². The van der Waals surface area contributed by atoms with E-state index in [-0.39, 0.29) is 0 Å². The highest BCUT2D eigenvalue weighted by Gasteiger charge is 2.07. The van der Waals surface area contributed by atoms with E-state index in [9.17, 15) is 0 Å². The highest BCUT2D eigenvalue weighted by atomic mass is 35.5. The Kier molecular flexibility index (Phi) is 6.07. The highest BCUT2D eigenvalue weighted by molar-refractivity contribution is 6.30. The van der Waals surface area contributed by atoms with Crippen molar-refractivity contribution in [1.82, 2.24) is 0 Å². The lowest BCUT2D eigenvalue weighted by Gasteiger charge is -2.14. The Labute approximate surface area is 110 Å². The molecular weight excluding hydrogens is 228 g/mol. The molecular formula is C16H21Cl. The number of halogens is 1. The molecule has 0 heterocycles. The summed E-state index contributed by atoms with van der Waals surface area (Å²) >= 11 is 5.86. The molecule has 0 radical (unpaired) electrons. The SMILES string of the molecule is C=CCC(CCCc1ccc(Cl)cc1)C(=C)C. The summed E-state index contributed by atoms with van der Waals surface area (Å²) in [7, 11) is 0. The maximum absolute atomic E-state index is 5.86. The second kappa shape index (κ2) is 7.34. The van der Waals surface area contributed by atoms with E-state index >= 15 is 0 Å². The van der Waals surface area contributed by atoms with Gasteiger partial charge in [-0.15, -0.1) is 6.58 Å². The van der Waals surface area contributed by atoms with Crippen LogP contribution in [0.3, 0.4) is 0 Å². The van der Waals surface area contributed by atoms with Crippen LogP contribution in [0.5, 0.6) is 0 Å². The van der Waals surface area contributed by atoms with Gasteiger partial charge in [0.25, 0.3) is 0 Å². The topological polar surface area (TPSA) is 0 Å². The van der Waals surface area contributed by atoms with Crippen molar-refractivity contribution in [3.63, 3.8) is 0 Å². The fourth-order valence-corrected chi connectivity index (χ4v) is 2.10. The van der Waals surface area contributed by atoms with Crippen molar-refractivity contribution in [3.05, 3.63) is 59.7 Å². The molecule has 0 aromatic heterocycles. The number of hydrogen-bond donors (Lipinski definition) is 0. The Bertz CT molecular complexity index is 362. The minimum Gasteiger partial charge on any atom is -0.103 e. The van der Waals surface area contributed by atoms with Gasteiger partial charge in [-0.1, -0.05) is 42.0 Å². The third kappa shape index (κ3) is 5.23. The number of aryl methyl sites for hydroxylation is 1. The lowest BCUT2D eigenvalue weighted by molar-refractivity contribution is 0.542. The monoisotopic (exact) mass is 248 g/mol. The molecule has 0 saturated carbocycles. The molecule has 0 aliphatic carbocycles. The Hall–Kier alpha value is -1.01. The van der Waals surface area contributed by atoms with Crippen molar-refractivity contribution in [3.8, 4) is 0 Å². The third-order valence-electron chi connectivity index (χ3n) is 3.08. The molecule has 0 spiro atoms. The molecule has 0 N–H and O–H groups in total. The van der Waals surface area contributed by atoms with Gasteiger partial charge in [0.1, 0.15) is 0 Å². The summed E-state index contributed by atoms with van der Waals surface area (Å²) in [5.41, 5.74) is 2.62. The molecule has 1 aromatic carbocycles. The molecule has 0 fully saturated rings. The number of rotatable bonds is 7. The second-order valence-electron chi connectivity index (χ2n) is 4.59. The maximum atomic E-state index is 5.86. The van der Waals surface area contributed by atoms with Gasteiger partial charge in [0.2, 0.25) is 0 Å². The van der Waals surface area contributed by atoms with E-state index in [1.54, 1.807) is 0 Å². The zero-order chi connectivity index (χ0) is 12.7. The predicted molar refractivity (Wildman–Crippen MR) is 77.5 cm³/mol. The Morgan fingerprint density at radius 3 is 2.53 bits per heavy atom. The summed E-state index contributed by atoms with van der Waals surface area (Å²) in [6.45, 7) is 9.96. The first-order valence-electron chi connectivity index (χ1n) is 6.14. The van der Waals surface area contributed by atoms with Crippen LogP contribution < -0.4 is 0 Å². The maximum Gasteiger partial charge on any atom is 0.0406 e. The molecule has 0 nitrogen and oxygen atoms in total. The van der Waals surface area contributed by atoms with Crippen LogP contribution in [0.2, 0.25) is 5.02 Å². The lowest BCUT2D eigenvalue weighted by atomic mass is 9.91. The molecule has 0 amide bonds. The molecule has 0 aliphatic heterocycles. The number of hydrogen-bond acceptors (Lipinski definition) is 0. The minimum absolute atomic E-state index is 0.583. The van der Waals surface area contributed by atoms with E-state index in [1.165, 1.54) is 24.0 Å². The van der Waals surface area contributed by atoms with Crippen LogP contribution in [0.1, 0.15) is 31.7 Å². The van der Waals surface area contributed by atoms with Gasteiger partial charge in [0, 0.05) is 5.02 Å². The summed E-state index contributed by atoms with van der Waals surface area (Å²) < 4.78 is 0. The van der Waals surface area contributed by atoms with E-state index in [4.69, 9.17) is 11.6 Å². The molecule has 92 valence electrons. The van der Waals surface area contributed by atoms with Crippen LogP contribution in [0, 0.1) is 5.92 Å². The number of allylic oxidation sites excluding steroid dienone is 2. The van der Waals surface area contributed by atoms with Gasteiger partial charge >= 0.3 is 0 Å². The van der Waals surface area contributed by atoms with Crippen LogP contribution in [0.25, 0.3) is 0 Å². The van der Waals surface area contributed by atoms with Gasteiger partial charge in [-0.05, 0) is 56.2 Å². The first kappa shape index (κ1) is 14.1. The van der Waals surface area contributed by atoms with Crippen molar-refractivity contribution in [2.24, 2.45) is 5.92 Å². The van der Waals surface area contributed by atoms with Crippen molar-refractivity contribution in [2.75, 3.05) is 0 Å². The first-order valence-corrected chi connectivity index (χ1v) is 6.52. The molecule has 1 unspecified atom stereocenters.